The Morgan fingerprint density at radius 2 is 2.04 bits per heavy atom. The quantitative estimate of drug-likeness (QED) is 0.719. The van der Waals surface area contributed by atoms with Crippen molar-refractivity contribution >= 4 is 11.7 Å². The molecule has 0 saturated carbocycles. The first-order valence-corrected chi connectivity index (χ1v) is 7.44. The lowest BCUT2D eigenvalue weighted by Crippen LogP contribution is -2.24. The van der Waals surface area contributed by atoms with E-state index >= 15 is 0 Å². The van der Waals surface area contributed by atoms with Crippen molar-refractivity contribution in [3.05, 3.63) is 47.7 Å². The molecule has 7 heteroatoms. The number of rotatable bonds is 8. The van der Waals surface area contributed by atoms with Crippen LogP contribution in [-0.4, -0.2) is 41.1 Å². The van der Waals surface area contributed by atoms with Gasteiger partial charge in [0.1, 0.15) is 17.3 Å². The summed E-state index contributed by atoms with van der Waals surface area (Å²) in [6, 6.07) is 5.37. The number of ether oxygens (including phenoxy) is 1. The highest BCUT2D eigenvalue weighted by molar-refractivity contribution is 5.92. The molecule has 2 aromatic heterocycles. The minimum atomic E-state index is -0.229. The van der Waals surface area contributed by atoms with E-state index in [9.17, 15) is 4.79 Å². The summed E-state index contributed by atoms with van der Waals surface area (Å²) in [7, 11) is 1.67. The van der Waals surface area contributed by atoms with Gasteiger partial charge in [-0.05, 0) is 31.0 Å². The second kappa shape index (κ2) is 8.79. The first-order valence-electron chi connectivity index (χ1n) is 7.44. The fraction of sp³-hybridized carbons (Fsp3) is 0.375. The first kappa shape index (κ1) is 16.8. The third kappa shape index (κ3) is 5.63. The van der Waals surface area contributed by atoms with Crippen LogP contribution in [0.25, 0.3) is 0 Å². The Bertz CT molecular complexity index is 634. The monoisotopic (exact) mass is 315 g/mol. The highest BCUT2D eigenvalue weighted by atomic mass is 16.5. The van der Waals surface area contributed by atoms with E-state index in [4.69, 9.17) is 4.74 Å². The van der Waals surface area contributed by atoms with Crippen LogP contribution in [0.2, 0.25) is 0 Å². The molecule has 7 nitrogen and oxygen atoms in total. The van der Waals surface area contributed by atoms with Gasteiger partial charge in [-0.3, -0.25) is 9.78 Å². The molecular formula is C16H21N5O2. The van der Waals surface area contributed by atoms with Crippen LogP contribution in [0, 0.1) is 6.92 Å². The second-order valence-corrected chi connectivity index (χ2v) is 5.00. The van der Waals surface area contributed by atoms with Crippen molar-refractivity contribution in [3.63, 3.8) is 0 Å². The molecule has 122 valence electrons. The molecule has 0 saturated heterocycles. The van der Waals surface area contributed by atoms with E-state index in [1.54, 1.807) is 32.5 Å². The summed E-state index contributed by atoms with van der Waals surface area (Å²) in [6.45, 7) is 3.60. The van der Waals surface area contributed by atoms with Gasteiger partial charge in [0, 0.05) is 45.3 Å². The van der Waals surface area contributed by atoms with Crippen LogP contribution in [0.3, 0.4) is 0 Å². The maximum Gasteiger partial charge on any atom is 0.270 e. The molecule has 0 aromatic carbocycles. The average molecular weight is 315 g/mol. The van der Waals surface area contributed by atoms with E-state index in [-0.39, 0.29) is 5.91 Å². The SMILES string of the molecule is COCCCNc1cc(C(=O)NCc2ccncc2)nc(C)n1. The largest absolute Gasteiger partial charge is 0.385 e. The lowest BCUT2D eigenvalue weighted by Gasteiger charge is -2.09. The van der Waals surface area contributed by atoms with Gasteiger partial charge in [-0.25, -0.2) is 9.97 Å². The molecule has 2 heterocycles. The number of carbonyl (C=O) groups excluding carboxylic acids is 1. The molecule has 0 aliphatic carbocycles. The number of pyridine rings is 1. The summed E-state index contributed by atoms with van der Waals surface area (Å²) in [5.41, 5.74) is 1.33. The number of anilines is 1. The average Bonchev–Trinajstić information content (AvgIpc) is 2.57. The van der Waals surface area contributed by atoms with Crippen LogP contribution in [-0.2, 0) is 11.3 Å². The Labute approximate surface area is 135 Å². The van der Waals surface area contributed by atoms with E-state index in [0.29, 0.717) is 30.5 Å². The molecule has 0 atom stereocenters. The van der Waals surface area contributed by atoms with Crippen molar-refractivity contribution < 1.29 is 9.53 Å². The second-order valence-electron chi connectivity index (χ2n) is 5.00. The van der Waals surface area contributed by atoms with E-state index in [1.807, 2.05) is 12.1 Å². The Kier molecular flexibility index (Phi) is 6.43. The van der Waals surface area contributed by atoms with Crippen LogP contribution in [0.5, 0.6) is 0 Å². The predicted octanol–water partition coefficient (Wildman–Crippen LogP) is 1.56. The van der Waals surface area contributed by atoms with Gasteiger partial charge in [0.15, 0.2) is 0 Å². The third-order valence-corrected chi connectivity index (χ3v) is 3.10. The van der Waals surface area contributed by atoms with Gasteiger partial charge in [-0.2, -0.15) is 0 Å². The number of aryl methyl sites for hydroxylation is 1. The molecule has 2 N–H and O–H groups in total. The zero-order valence-corrected chi connectivity index (χ0v) is 13.4. The van der Waals surface area contributed by atoms with Gasteiger partial charge >= 0.3 is 0 Å². The van der Waals surface area contributed by atoms with Crippen molar-refractivity contribution in [1.29, 1.82) is 0 Å². The van der Waals surface area contributed by atoms with Gasteiger partial charge in [0.05, 0.1) is 0 Å². The highest BCUT2D eigenvalue weighted by Crippen LogP contribution is 2.07. The Morgan fingerprint density at radius 3 is 2.78 bits per heavy atom. The number of methoxy groups -OCH3 is 1. The Balaban J connectivity index is 1.95. The third-order valence-electron chi connectivity index (χ3n) is 3.10. The van der Waals surface area contributed by atoms with Gasteiger partial charge in [0.2, 0.25) is 0 Å². The normalized spacial score (nSPS) is 10.3. The zero-order valence-electron chi connectivity index (χ0n) is 13.4. The standard InChI is InChI=1S/C16H21N5O2/c1-12-20-14(10-15(21-12)18-6-3-9-23-2)16(22)19-11-13-4-7-17-8-5-13/h4-5,7-8,10H,3,6,9,11H2,1-2H3,(H,19,22)(H,18,20,21). The van der Waals surface area contributed by atoms with Crippen LogP contribution >= 0.6 is 0 Å². The van der Waals surface area contributed by atoms with E-state index < -0.39 is 0 Å². The number of hydrogen-bond donors (Lipinski definition) is 2. The number of nitrogens with zero attached hydrogens (tertiary/aromatic N) is 3. The maximum absolute atomic E-state index is 12.2. The summed E-state index contributed by atoms with van der Waals surface area (Å²) < 4.78 is 5.00. The van der Waals surface area contributed by atoms with Gasteiger partial charge in [-0.15, -0.1) is 0 Å². The highest BCUT2D eigenvalue weighted by Gasteiger charge is 2.10. The smallest absolute Gasteiger partial charge is 0.270 e. The molecule has 0 bridgehead atoms. The Morgan fingerprint density at radius 1 is 1.26 bits per heavy atom. The number of nitrogens with one attached hydrogen (secondary N) is 2. The van der Waals surface area contributed by atoms with E-state index in [1.165, 1.54) is 0 Å². The maximum atomic E-state index is 12.2. The molecule has 0 spiro atoms. The lowest BCUT2D eigenvalue weighted by atomic mass is 10.2. The van der Waals surface area contributed by atoms with Crippen molar-refractivity contribution in [3.8, 4) is 0 Å². The number of aromatic nitrogens is 3. The number of amides is 1. The molecule has 0 aliphatic rings. The summed E-state index contributed by atoms with van der Waals surface area (Å²) >= 11 is 0. The summed E-state index contributed by atoms with van der Waals surface area (Å²) in [5.74, 6) is 0.964. The van der Waals surface area contributed by atoms with Crippen LogP contribution in [0.15, 0.2) is 30.6 Å². The van der Waals surface area contributed by atoms with Crippen LogP contribution in [0.1, 0.15) is 28.3 Å². The van der Waals surface area contributed by atoms with Gasteiger partial charge in [0.25, 0.3) is 5.91 Å². The van der Waals surface area contributed by atoms with Crippen molar-refractivity contribution in [2.75, 3.05) is 25.6 Å². The predicted molar refractivity (Wildman–Crippen MR) is 87.2 cm³/mol. The molecular weight excluding hydrogens is 294 g/mol. The molecule has 0 radical (unpaired) electrons. The molecule has 23 heavy (non-hydrogen) atoms. The Hall–Kier alpha value is -2.54. The zero-order chi connectivity index (χ0) is 16.5. The molecule has 0 aliphatic heterocycles. The van der Waals surface area contributed by atoms with Gasteiger partial charge < -0.3 is 15.4 Å². The molecule has 0 unspecified atom stereocenters. The van der Waals surface area contributed by atoms with Gasteiger partial charge in [-0.1, -0.05) is 0 Å². The van der Waals surface area contributed by atoms with E-state index in [2.05, 4.69) is 25.6 Å². The number of carbonyl (C=O) groups is 1. The number of hydrogen-bond acceptors (Lipinski definition) is 6. The molecule has 2 rings (SSSR count). The molecule has 2 aromatic rings. The van der Waals surface area contributed by atoms with Crippen molar-refractivity contribution in [2.45, 2.75) is 19.9 Å². The van der Waals surface area contributed by atoms with Crippen LogP contribution < -0.4 is 10.6 Å². The lowest BCUT2D eigenvalue weighted by molar-refractivity contribution is 0.0945. The van der Waals surface area contributed by atoms with Crippen molar-refractivity contribution in [1.82, 2.24) is 20.3 Å². The fourth-order valence-electron chi connectivity index (χ4n) is 1.98. The summed E-state index contributed by atoms with van der Waals surface area (Å²) in [5, 5.41) is 6.01. The van der Waals surface area contributed by atoms with Crippen LogP contribution in [0.4, 0.5) is 5.82 Å². The van der Waals surface area contributed by atoms with E-state index in [0.717, 1.165) is 18.5 Å². The molecule has 1 amide bonds. The van der Waals surface area contributed by atoms with Crippen molar-refractivity contribution in [2.24, 2.45) is 0 Å². The minimum Gasteiger partial charge on any atom is -0.385 e. The first-order chi connectivity index (χ1) is 11.2. The minimum absolute atomic E-state index is 0.229. The molecule has 0 fully saturated rings. The topological polar surface area (TPSA) is 89.0 Å². The summed E-state index contributed by atoms with van der Waals surface area (Å²) in [6.07, 6.45) is 4.25. The summed E-state index contributed by atoms with van der Waals surface area (Å²) in [4.78, 5) is 24.7. The fourth-order valence-corrected chi connectivity index (χ4v) is 1.98.